The lowest BCUT2D eigenvalue weighted by Crippen LogP contribution is -2.16. The van der Waals surface area contributed by atoms with Crippen molar-refractivity contribution in [3.63, 3.8) is 0 Å². The van der Waals surface area contributed by atoms with Crippen molar-refractivity contribution in [1.82, 2.24) is 15.2 Å². The second-order valence-corrected chi connectivity index (χ2v) is 5.88. The minimum atomic E-state index is -3.88. The monoisotopic (exact) mass is 311 g/mol. The molecule has 9 heteroatoms. The molecular weight excluding hydrogens is 294 g/mol. The van der Waals surface area contributed by atoms with Crippen molar-refractivity contribution in [3.8, 4) is 0 Å². The molecule has 0 aliphatic rings. The minimum absolute atomic E-state index is 0.0743. The van der Waals surface area contributed by atoms with Crippen molar-refractivity contribution in [2.75, 3.05) is 4.72 Å². The molecule has 0 fully saturated rings. The van der Waals surface area contributed by atoms with Crippen LogP contribution in [0.3, 0.4) is 0 Å². The summed E-state index contributed by atoms with van der Waals surface area (Å²) < 4.78 is 31.6. The van der Waals surface area contributed by atoms with Crippen LogP contribution in [0.5, 0.6) is 0 Å². The molecule has 0 saturated carbocycles. The third-order valence-corrected chi connectivity index (χ3v) is 4.04. The third-order valence-electron chi connectivity index (χ3n) is 2.84. The summed E-state index contributed by atoms with van der Waals surface area (Å²) >= 11 is 0. The summed E-state index contributed by atoms with van der Waals surface area (Å²) in [4.78, 5) is 4.17. The lowest BCUT2D eigenvalue weighted by molar-refractivity contribution is 0.417. The van der Waals surface area contributed by atoms with Gasteiger partial charge in [-0.05, 0) is 25.0 Å². The van der Waals surface area contributed by atoms with Crippen molar-refractivity contribution in [1.29, 1.82) is 0 Å². The van der Waals surface area contributed by atoms with E-state index in [2.05, 4.69) is 19.9 Å². The first-order valence-corrected chi connectivity index (χ1v) is 8.02. The molecule has 2 heterocycles. The van der Waals surface area contributed by atoms with Crippen molar-refractivity contribution in [3.05, 3.63) is 29.3 Å². The van der Waals surface area contributed by atoms with Crippen LogP contribution in [-0.4, -0.2) is 23.6 Å². The summed E-state index contributed by atoms with van der Waals surface area (Å²) in [6.07, 6.45) is 1.33. The van der Waals surface area contributed by atoms with Gasteiger partial charge in [0.15, 0.2) is 0 Å². The Bertz CT molecular complexity index is 726. The van der Waals surface area contributed by atoms with Gasteiger partial charge in [-0.3, -0.25) is 0 Å². The highest BCUT2D eigenvalue weighted by atomic mass is 32.2. The van der Waals surface area contributed by atoms with Gasteiger partial charge in [-0.15, -0.1) is 10.2 Å². The van der Waals surface area contributed by atoms with E-state index >= 15 is 0 Å². The second-order valence-electron chi connectivity index (χ2n) is 4.27. The minimum Gasteiger partial charge on any atom is -0.446 e. The van der Waals surface area contributed by atoms with Crippen molar-refractivity contribution >= 4 is 16.0 Å². The van der Waals surface area contributed by atoms with E-state index in [1.54, 1.807) is 0 Å². The quantitative estimate of drug-likeness (QED) is 0.810. The molecule has 0 spiro atoms. The van der Waals surface area contributed by atoms with E-state index < -0.39 is 10.0 Å². The van der Waals surface area contributed by atoms with Gasteiger partial charge in [-0.25, -0.2) is 9.71 Å². The number of aromatic nitrogens is 3. The highest BCUT2D eigenvalue weighted by Gasteiger charge is 2.20. The Kier molecular flexibility index (Phi) is 4.53. The predicted octanol–water partition coefficient (Wildman–Crippen LogP) is 0.849. The molecular formula is C12H17N5O3S. The second kappa shape index (κ2) is 6.19. The lowest BCUT2D eigenvalue weighted by Gasteiger charge is -2.07. The number of rotatable bonds is 6. The Morgan fingerprint density at radius 2 is 1.90 bits per heavy atom. The van der Waals surface area contributed by atoms with Gasteiger partial charge in [0.1, 0.15) is 5.76 Å². The molecule has 2 aromatic rings. The number of aryl methyl sites for hydroxylation is 2. The van der Waals surface area contributed by atoms with Gasteiger partial charge in [0.25, 0.3) is 16.0 Å². The molecule has 0 radical (unpaired) electrons. The van der Waals surface area contributed by atoms with Crippen molar-refractivity contribution < 1.29 is 12.8 Å². The molecule has 3 N–H and O–H groups in total. The number of hydrogen-bond acceptors (Lipinski definition) is 7. The Morgan fingerprint density at radius 3 is 2.48 bits per heavy atom. The number of nitrogens with one attached hydrogen (secondary N) is 1. The van der Waals surface area contributed by atoms with E-state index in [0.29, 0.717) is 24.3 Å². The average molecular weight is 311 g/mol. The first-order chi connectivity index (χ1) is 10.00. The highest BCUT2D eigenvalue weighted by Crippen LogP contribution is 2.16. The molecule has 0 bridgehead atoms. The predicted molar refractivity (Wildman–Crippen MR) is 76.0 cm³/mol. The molecule has 0 saturated heterocycles. The standard InChI is InChI=1S/C12H17N5O3S/c1-3-9-10(4-2)15-16-12(14-9)17-21(18,19)11-6-5-8(7-13)20-11/h5-6H,3-4,7,13H2,1-2H3,(H,14,16,17). The van der Waals surface area contributed by atoms with Crippen molar-refractivity contribution in [2.45, 2.75) is 38.3 Å². The van der Waals surface area contributed by atoms with E-state index in [1.807, 2.05) is 13.8 Å². The maximum atomic E-state index is 12.1. The molecule has 2 aromatic heterocycles. The topological polar surface area (TPSA) is 124 Å². The number of nitrogens with two attached hydrogens (primary N) is 1. The summed E-state index contributed by atoms with van der Waals surface area (Å²) in [5, 5.41) is 7.52. The van der Waals surface area contributed by atoms with Crippen LogP contribution < -0.4 is 10.5 Å². The van der Waals surface area contributed by atoms with Crippen molar-refractivity contribution in [2.24, 2.45) is 5.73 Å². The van der Waals surface area contributed by atoms with Crippen LogP contribution in [-0.2, 0) is 29.4 Å². The number of hydrogen-bond donors (Lipinski definition) is 2. The first kappa shape index (κ1) is 15.4. The molecule has 0 aromatic carbocycles. The van der Waals surface area contributed by atoms with Gasteiger partial charge in [0.2, 0.25) is 5.09 Å². The van der Waals surface area contributed by atoms with Crippen LogP contribution in [0.4, 0.5) is 5.95 Å². The normalized spacial score (nSPS) is 11.6. The van der Waals surface area contributed by atoms with E-state index in [4.69, 9.17) is 10.2 Å². The Labute approximate surface area is 122 Å². The molecule has 8 nitrogen and oxygen atoms in total. The molecule has 0 amide bonds. The summed E-state index contributed by atoms with van der Waals surface area (Å²) in [5.74, 6) is 0.305. The number of nitrogens with zero attached hydrogens (tertiary/aromatic N) is 3. The fourth-order valence-electron chi connectivity index (χ4n) is 1.76. The van der Waals surface area contributed by atoms with Gasteiger partial charge in [0.05, 0.1) is 17.9 Å². The Morgan fingerprint density at radius 1 is 1.19 bits per heavy atom. The van der Waals surface area contributed by atoms with E-state index in [1.165, 1.54) is 12.1 Å². The zero-order valence-corrected chi connectivity index (χ0v) is 12.6. The van der Waals surface area contributed by atoms with Crippen LogP contribution in [0.1, 0.15) is 31.0 Å². The number of anilines is 1. The largest absolute Gasteiger partial charge is 0.446 e. The molecule has 0 aliphatic heterocycles. The van der Waals surface area contributed by atoms with Crippen LogP contribution in [0, 0.1) is 0 Å². The summed E-state index contributed by atoms with van der Waals surface area (Å²) in [6.45, 7) is 3.98. The summed E-state index contributed by atoms with van der Waals surface area (Å²) in [7, 11) is -3.88. The van der Waals surface area contributed by atoms with Crippen LogP contribution in [0.15, 0.2) is 21.6 Å². The highest BCUT2D eigenvalue weighted by molar-refractivity contribution is 7.92. The smallest absolute Gasteiger partial charge is 0.297 e. The molecule has 0 unspecified atom stereocenters. The SMILES string of the molecule is CCc1nnc(NS(=O)(=O)c2ccc(CN)o2)nc1CC. The number of furan rings is 1. The zero-order valence-electron chi connectivity index (χ0n) is 11.8. The number of sulfonamides is 1. The maximum Gasteiger partial charge on any atom is 0.297 e. The Balaban J connectivity index is 2.28. The van der Waals surface area contributed by atoms with Gasteiger partial charge in [-0.2, -0.15) is 8.42 Å². The lowest BCUT2D eigenvalue weighted by atomic mass is 10.2. The molecule has 0 atom stereocenters. The van der Waals surface area contributed by atoms with Crippen LogP contribution >= 0.6 is 0 Å². The average Bonchev–Trinajstić information content (AvgIpc) is 2.96. The first-order valence-electron chi connectivity index (χ1n) is 6.54. The van der Waals surface area contributed by atoms with E-state index in [9.17, 15) is 8.42 Å². The third kappa shape index (κ3) is 3.37. The Hall–Kier alpha value is -2.00. The zero-order chi connectivity index (χ0) is 15.5. The van der Waals surface area contributed by atoms with Crippen LogP contribution in [0.2, 0.25) is 0 Å². The van der Waals surface area contributed by atoms with Crippen LogP contribution in [0.25, 0.3) is 0 Å². The molecule has 2 rings (SSSR count). The maximum absolute atomic E-state index is 12.1. The molecule has 0 aliphatic carbocycles. The summed E-state index contributed by atoms with van der Waals surface area (Å²) in [6, 6.07) is 2.84. The van der Waals surface area contributed by atoms with E-state index in [0.717, 1.165) is 5.69 Å². The van der Waals surface area contributed by atoms with Gasteiger partial charge in [-0.1, -0.05) is 13.8 Å². The van der Waals surface area contributed by atoms with Gasteiger partial charge < -0.3 is 10.2 Å². The fraction of sp³-hybridized carbons (Fsp3) is 0.417. The molecule has 114 valence electrons. The summed E-state index contributed by atoms with van der Waals surface area (Å²) in [5.41, 5.74) is 6.85. The fourth-order valence-corrected chi connectivity index (χ4v) is 2.66. The van der Waals surface area contributed by atoms with Gasteiger partial charge in [0, 0.05) is 0 Å². The van der Waals surface area contributed by atoms with E-state index in [-0.39, 0.29) is 17.6 Å². The van der Waals surface area contributed by atoms with Gasteiger partial charge >= 0.3 is 0 Å². The molecule has 21 heavy (non-hydrogen) atoms.